The Kier molecular flexibility index (Phi) is 5.87. The van der Waals surface area contributed by atoms with E-state index in [0.717, 1.165) is 31.9 Å². The fraction of sp³-hybridized carbons (Fsp3) is 0.562. The molecule has 1 N–H and O–H groups in total. The summed E-state index contributed by atoms with van der Waals surface area (Å²) in [5.74, 6) is -0.291. The number of halogens is 1. The van der Waals surface area contributed by atoms with Gasteiger partial charge in [0.15, 0.2) is 9.84 Å². The average molecular weight is 344 g/mol. The summed E-state index contributed by atoms with van der Waals surface area (Å²) < 4.78 is 23.2. The van der Waals surface area contributed by atoms with Gasteiger partial charge in [-0.05, 0) is 31.0 Å². The maximum Gasteiger partial charge on any atom is 0.253 e. The van der Waals surface area contributed by atoms with Crippen molar-refractivity contribution in [2.45, 2.75) is 55.9 Å². The van der Waals surface area contributed by atoms with E-state index in [1.54, 1.807) is 0 Å². The third kappa shape index (κ3) is 4.71. The fourth-order valence-electron chi connectivity index (χ4n) is 2.77. The molecule has 0 atom stereocenters. The number of amides is 1. The van der Waals surface area contributed by atoms with E-state index in [0.29, 0.717) is 0 Å². The van der Waals surface area contributed by atoms with Crippen LogP contribution in [0.1, 0.15) is 55.3 Å². The zero-order valence-corrected chi connectivity index (χ0v) is 14.3. The summed E-state index contributed by atoms with van der Waals surface area (Å²) >= 11 is 6.06. The highest BCUT2D eigenvalue weighted by molar-refractivity contribution is 7.90. The first-order chi connectivity index (χ1) is 10.4. The van der Waals surface area contributed by atoms with Crippen molar-refractivity contribution in [3.63, 3.8) is 0 Å². The molecule has 0 aliphatic heterocycles. The SMILES string of the molecule is CS(=O)(=O)c1ccc(Cl)c(C(=O)NC2CCCCCCC2)c1. The summed E-state index contributed by atoms with van der Waals surface area (Å²) in [7, 11) is -3.36. The summed E-state index contributed by atoms with van der Waals surface area (Å²) in [4.78, 5) is 12.5. The van der Waals surface area contributed by atoms with Crippen LogP contribution in [-0.4, -0.2) is 26.6 Å². The molecule has 1 aromatic carbocycles. The molecular weight excluding hydrogens is 322 g/mol. The van der Waals surface area contributed by atoms with Crippen LogP contribution in [0, 0.1) is 0 Å². The predicted octanol–water partition coefficient (Wildman–Crippen LogP) is 3.59. The monoisotopic (exact) mass is 343 g/mol. The van der Waals surface area contributed by atoms with Crippen molar-refractivity contribution in [1.82, 2.24) is 5.32 Å². The Bertz CT molecular complexity index is 635. The number of benzene rings is 1. The Labute approximate surface area is 137 Å². The molecule has 4 nitrogen and oxygen atoms in total. The number of nitrogens with one attached hydrogen (secondary N) is 1. The lowest BCUT2D eigenvalue weighted by Crippen LogP contribution is -2.35. The normalized spacial score (nSPS) is 17.5. The molecule has 0 saturated heterocycles. The first-order valence-corrected chi connectivity index (χ1v) is 9.95. The van der Waals surface area contributed by atoms with Crippen LogP contribution in [-0.2, 0) is 9.84 Å². The molecule has 0 unspecified atom stereocenters. The molecule has 122 valence electrons. The Morgan fingerprint density at radius 2 is 1.73 bits per heavy atom. The second kappa shape index (κ2) is 7.47. The van der Waals surface area contributed by atoms with Crippen LogP contribution in [0.25, 0.3) is 0 Å². The predicted molar refractivity (Wildman–Crippen MR) is 88.1 cm³/mol. The van der Waals surface area contributed by atoms with Crippen molar-refractivity contribution >= 4 is 27.3 Å². The van der Waals surface area contributed by atoms with Gasteiger partial charge in [-0.2, -0.15) is 0 Å². The van der Waals surface area contributed by atoms with E-state index in [-0.39, 0.29) is 27.4 Å². The van der Waals surface area contributed by atoms with Gasteiger partial charge in [-0.1, -0.05) is 43.7 Å². The third-order valence-corrected chi connectivity index (χ3v) is 5.49. The smallest absolute Gasteiger partial charge is 0.253 e. The largest absolute Gasteiger partial charge is 0.349 e. The number of hydrogen-bond acceptors (Lipinski definition) is 3. The van der Waals surface area contributed by atoms with Gasteiger partial charge in [0.25, 0.3) is 5.91 Å². The Balaban J connectivity index is 2.14. The number of rotatable bonds is 3. The second-order valence-electron chi connectivity index (χ2n) is 5.93. The van der Waals surface area contributed by atoms with Gasteiger partial charge in [-0.15, -0.1) is 0 Å². The minimum absolute atomic E-state index is 0.111. The molecule has 0 aromatic heterocycles. The molecule has 2 rings (SSSR count). The third-order valence-electron chi connectivity index (χ3n) is 4.05. The fourth-order valence-corrected chi connectivity index (χ4v) is 3.62. The van der Waals surface area contributed by atoms with E-state index < -0.39 is 9.84 Å². The summed E-state index contributed by atoms with van der Waals surface area (Å²) in [6, 6.07) is 4.39. The Morgan fingerprint density at radius 1 is 1.14 bits per heavy atom. The highest BCUT2D eigenvalue weighted by Gasteiger charge is 2.19. The molecule has 0 heterocycles. The van der Waals surface area contributed by atoms with Crippen molar-refractivity contribution in [1.29, 1.82) is 0 Å². The van der Waals surface area contributed by atoms with Gasteiger partial charge >= 0.3 is 0 Å². The lowest BCUT2D eigenvalue weighted by molar-refractivity contribution is 0.0930. The highest BCUT2D eigenvalue weighted by atomic mass is 35.5. The number of carbonyl (C=O) groups excluding carboxylic acids is 1. The molecule has 1 aliphatic carbocycles. The van der Waals surface area contributed by atoms with Gasteiger partial charge in [-0.3, -0.25) is 4.79 Å². The molecule has 1 aliphatic rings. The number of carbonyl (C=O) groups is 1. The maximum absolute atomic E-state index is 12.4. The van der Waals surface area contributed by atoms with Crippen molar-refractivity contribution in [2.24, 2.45) is 0 Å². The van der Waals surface area contributed by atoms with Crippen LogP contribution in [0.15, 0.2) is 23.1 Å². The van der Waals surface area contributed by atoms with Crippen LogP contribution in [0.2, 0.25) is 5.02 Å². The maximum atomic E-state index is 12.4. The first-order valence-electron chi connectivity index (χ1n) is 7.68. The number of hydrogen-bond donors (Lipinski definition) is 1. The quantitative estimate of drug-likeness (QED) is 0.912. The average Bonchev–Trinajstić information content (AvgIpc) is 2.40. The minimum Gasteiger partial charge on any atom is -0.349 e. The van der Waals surface area contributed by atoms with Gasteiger partial charge < -0.3 is 5.32 Å². The lowest BCUT2D eigenvalue weighted by Gasteiger charge is -2.21. The molecule has 0 radical (unpaired) electrons. The van der Waals surface area contributed by atoms with Crippen LogP contribution < -0.4 is 5.32 Å². The lowest BCUT2D eigenvalue weighted by atomic mass is 9.96. The standard InChI is InChI=1S/C16H22ClNO3S/c1-22(20,21)13-9-10-15(17)14(11-13)16(19)18-12-7-5-3-2-4-6-8-12/h9-12H,2-8H2,1H3,(H,18,19). The van der Waals surface area contributed by atoms with Gasteiger partial charge in [0.1, 0.15) is 0 Å². The van der Waals surface area contributed by atoms with E-state index in [4.69, 9.17) is 11.6 Å². The van der Waals surface area contributed by atoms with Crippen LogP contribution in [0.4, 0.5) is 0 Å². The topological polar surface area (TPSA) is 63.2 Å². The van der Waals surface area contributed by atoms with Crippen LogP contribution in [0.5, 0.6) is 0 Å². The van der Waals surface area contributed by atoms with E-state index in [2.05, 4.69) is 5.32 Å². The van der Waals surface area contributed by atoms with Crippen molar-refractivity contribution in [3.8, 4) is 0 Å². The van der Waals surface area contributed by atoms with Gasteiger partial charge in [0, 0.05) is 12.3 Å². The Morgan fingerprint density at radius 3 is 2.32 bits per heavy atom. The molecule has 0 bridgehead atoms. The molecule has 1 amide bonds. The number of sulfone groups is 1. The summed E-state index contributed by atoms with van der Waals surface area (Å²) in [5, 5.41) is 3.28. The van der Waals surface area contributed by atoms with Crippen LogP contribution >= 0.6 is 11.6 Å². The van der Waals surface area contributed by atoms with Gasteiger partial charge in [0.05, 0.1) is 15.5 Å². The van der Waals surface area contributed by atoms with Gasteiger partial charge in [-0.25, -0.2) is 8.42 Å². The summed E-state index contributed by atoms with van der Waals surface area (Å²) in [6.07, 6.45) is 8.96. The van der Waals surface area contributed by atoms with E-state index in [1.807, 2.05) is 0 Å². The zero-order chi connectivity index (χ0) is 16.2. The summed E-state index contributed by atoms with van der Waals surface area (Å²) in [6.45, 7) is 0. The molecule has 6 heteroatoms. The van der Waals surface area contributed by atoms with E-state index >= 15 is 0 Å². The Hall–Kier alpha value is -1.07. The first kappa shape index (κ1) is 17.3. The molecule has 22 heavy (non-hydrogen) atoms. The van der Waals surface area contributed by atoms with Gasteiger partial charge in [0.2, 0.25) is 0 Å². The highest BCUT2D eigenvalue weighted by Crippen LogP contribution is 2.22. The molecule has 1 fully saturated rings. The summed E-state index contributed by atoms with van der Waals surface area (Å²) in [5.41, 5.74) is 0.228. The molecule has 0 spiro atoms. The minimum atomic E-state index is -3.36. The van der Waals surface area contributed by atoms with E-state index in [1.165, 1.54) is 37.5 Å². The van der Waals surface area contributed by atoms with Crippen LogP contribution in [0.3, 0.4) is 0 Å². The van der Waals surface area contributed by atoms with Crippen molar-refractivity contribution in [3.05, 3.63) is 28.8 Å². The molecule has 1 saturated carbocycles. The molecule has 1 aromatic rings. The van der Waals surface area contributed by atoms with Crippen molar-refractivity contribution in [2.75, 3.05) is 6.26 Å². The van der Waals surface area contributed by atoms with E-state index in [9.17, 15) is 13.2 Å². The van der Waals surface area contributed by atoms with Crippen molar-refractivity contribution < 1.29 is 13.2 Å². The molecular formula is C16H22ClNO3S. The zero-order valence-electron chi connectivity index (χ0n) is 12.8. The second-order valence-corrected chi connectivity index (χ2v) is 8.35.